The Morgan fingerprint density at radius 1 is 1.15 bits per heavy atom. The number of urea groups is 1. The molecule has 0 aromatic carbocycles. The van der Waals surface area contributed by atoms with Gasteiger partial charge in [-0.15, -0.1) is 0 Å². The zero-order valence-electron chi connectivity index (χ0n) is 16.0. The van der Waals surface area contributed by atoms with Crippen molar-refractivity contribution in [3.8, 4) is 0 Å². The summed E-state index contributed by atoms with van der Waals surface area (Å²) in [5, 5.41) is 2.25. The van der Waals surface area contributed by atoms with Crippen LogP contribution in [0.5, 0.6) is 0 Å². The van der Waals surface area contributed by atoms with Crippen LogP contribution in [-0.2, 0) is 14.4 Å². The summed E-state index contributed by atoms with van der Waals surface area (Å²) in [5.74, 6) is -0.471. The van der Waals surface area contributed by atoms with Crippen LogP contribution in [0.3, 0.4) is 0 Å². The molecule has 3 rings (SSSR count). The van der Waals surface area contributed by atoms with Crippen molar-refractivity contribution in [2.24, 2.45) is 5.41 Å². The van der Waals surface area contributed by atoms with Crippen molar-refractivity contribution >= 4 is 23.8 Å². The molecule has 0 aromatic rings. The molecule has 0 aromatic heterocycles. The van der Waals surface area contributed by atoms with E-state index in [0.29, 0.717) is 19.5 Å². The minimum Gasteiger partial charge on any atom is -0.340 e. The molecular weight excluding hydrogens is 336 g/mol. The summed E-state index contributed by atoms with van der Waals surface area (Å²) in [6.07, 6.45) is 2.41. The Balaban J connectivity index is 1.69. The molecule has 0 radical (unpaired) electrons. The Bertz CT molecular complexity index is 660. The van der Waals surface area contributed by atoms with Crippen LogP contribution in [0.1, 0.15) is 47.0 Å². The van der Waals surface area contributed by atoms with Crippen LogP contribution in [0.4, 0.5) is 4.79 Å². The lowest BCUT2D eigenvalue weighted by Gasteiger charge is -2.41. The van der Waals surface area contributed by atoms with Crippen LogP contribution in [0.25, 0.3) is 0 Å². The number of nitrogens with zero attached hydrogens (tertiary/aromatic N) is 3. The van der Waals surface area contributed by atoms with Crippen molar-refractivity contribution in [1.82, 2.24) is 20.0 Å². The number of carbonyl (C=O) groups is 4. The average molecular weight is 364 g/mol. The zero-order chi connectivity index (χ0) is 19.3. The Labute approximate surface area is 153 Å². The summed E-state index contributed by atoms with van der Waals surface area (Å²) < 4.78 is 0. The molecule has 5 amide bonds. The van der Waals surface area contributed by atoms with Gasteiger partial charge in [0.2, 0.25) is 11.8 Å². The number of hydrogen-bond donors (Lipinski definition) is 1. The molecule has 8 heteroatoms. The highest BCUT2D eigenvalue weighted by Crippen LogP contribution is 2.40. The first-order valence-corrected chi connectivity index (χ1v) is 9.30. The molecular formula is C18H28N4O4. The van der Waals surface area contributed by atoms with Crippen molar-refractivity contribution in [3.05, 3.63) is 0 Å². The summed E-state index contributed by atoms with van der Waals surface area (Å²) in [4.78, 5) is 54.4. The Morgan fingerprint density at radius 2 is 1.85 bits per heavy atom. The van der Waals surface area contributed by atoms with E-state index in [1.807, 2.05) is 18.7 Å². The van der Waals surface area contributed by atoms with Gasteiger partial charge < -0.3 is 14.7 Å². The van der Waals surface area contributed by atoms with Crippen LogP contribution < -0.4 is 5.32 Å². The van der Waals surface area contributed by atoms with Gasteiger partial charge >= 0.3 is 6.03 Å². The smallest absolute Gasteiger partial charge is 0.325 e. The predicted octanol–water partition coefficient (Wildman–Crippen LogP) is 0.566. The van der Waals surface area contributed by atoms with Crippen molar-refractivity contribution < 1.29 is 19.2 Å². The first kappa shape index (κ1) is 18.7. The highest BCUT2D eigenvalue weighted by Gasteiger charge is 2.51. The van der Waals surface area contributed by atoms with Crippen LogP contribution in [-0.4, -0.2) is 76.2 Å². The number of piperidine rings is 1. The molecule has 26 heavy (non-hydrogen) atoms. The van der Waals surface area contributed by atoms with E-state index in [-0.39, 0.29) is 24.4 Å². The lowest BCUT2D eigenvalue weighted by Crippen LogP contribution is -2.53. The van der Waals surface area contributed by atoms with E-state index < -0.39 is 22.9 Å². The molecule has 1 N–H and O–H groups in total. The van der Waals surface area contributed by atoms with Crippen molar-refractivity contribution in [3.63, 3.8) is 0 Å². The average Bonchev–Trinajstić information content (AvgIpc) is 3.06. The maximum absolute atomic E-state index is 13.0. The molecule has 3 heterocycles. The lowest BCUT2D eigenvalue weighted by atomic mass is 9.78. The number of imide groups is 1. The lowest BCUT2D eigenvalue weighted by molar-refractivity contribution is -0.148. The Morgan fingerprint density at radius 3 is 2.42 bits per heavy atom. The monoisotopic (exact) mass is 364 g/mol. The van der Waals surface area contributed by atoms with Gasteiger partial charge in [0.25, 0.3) is 5.91 Å². The molecule has 8 nitrogen and oxygen atoms in total. The highest BCUT2D eigenvalue weighted by atomic mass is 16.2. The van der Waals surface area contributed by atoms with Crippen LogP contribution in [0, 0.1) is 5.41 Å². The maximum atomic E-state index is 13.0. The third-order valence-corrected chi connectivity index (χ3v) is 6.09. The number of rotatable bonds is 3. The Kier molecular flexibility index (Phi) is 4.48. The fraction of sp³-hybridized carbons (Fsp3) is 0.778. The molecule has 3 aliphatic rings. The first-order chi connectivity index (χ1) is 12.1. The van der Waals surface area contributed by atoms with E-state index in [1.165, 1.54) is 4.90 Å². The second-order valence-electron chi connectivity index (χ2n) is 8.45. The fourth-order valence-electron chi connectivity index (χ4n) is 4.26. The molecule has 144 valence electrons. The normalized spacial score (nSPS) is 28.5. The number of nitrogens with one attached hydrogen (secondary N) is 1. The van der Waals surface area contributed by atoms with E-state index in [2.05, 4.69) is 5.32 Å². The SMILES string of the molecule is CC(C)N1CCC[C@@]2(CCN(C(=O)CN3C(=O)NC(=O)C3(C)C)C2)C1=O. The minimum atomic E-state index is -1.04. The van der Waals surface area contributed by atoms with E-state index in [1.54, 1.807) is 18.7 Å². The number of amides is 5. The maximum Gasteiger partial charge on any atom is 0.325 e. The molecule has 0 saturated carbocycles. The van der Waals surface area contributed by atoms with E-state index >= 15 is 0 Å². The molecule has 0 unspecified atom stereocenters. The van der Waals surface area contributed by atoms with Gasteiger partial charge in [-0.1, -0.05) is 0 Å². The zero-order valence-corrected chi connectivity index (χ0v) is 16.0. The van der Waals surface area contributed by atoms with E-state index in [0.717, 1.165) is 19.4 Å². The predicted molar refractivity (Wildman–Crippen MR) is 94.0 cm³/mol. The summed E-state index contributed by atoms with van der Waals surface area (Å²) in [5.41, 5.74) is -1.53. The molecule has 3 saturated heterocycles. The molecule has 1 spiro atoms. The standard InChI is InChI=1S/C18H28N4O4/c1-12(2)21-8-5-6-18(15(21)25)7-9-20(11-18)13(23)10-22-16(26)19-14(24)17(22,3)4/h12H,5-11H2,1-4H3,(H,19,24,26)/t18-/m0/s1. The molecule has 0 bridgehead atoms. The van der Waals surface area contributed by atoms with Gasteiger partial charge in [-0.05, 0) is 47.0 Å². The van der Waals surface area contributed by atoms with Crippen LogP contribution in [0.15, 0.2) is 0 Å². The van der Waals surface area contributed by atoms with Gasteiger partial charge in [-0.2, -0.15) is 0 Å². The molecule has 3 fully saturated rings. The summed E-state index contributed by atoms with van der Waals surface area (Å²) in [7, 11) is 0. The van der Waals surface area contributed by atoms with Gasteiger partial charge in [0, 0.05) is 25.7 Å². The van der Waals surface area contributed by atoms with Gasteiger partial charge in [-0.25, -0.2) is 4.79 Å². The number of hydrogen-bond acceptors (Lipinski definition) is 4. The van der Waals surface area contributed by atoms with Crippen molar-refractivity contribution in [1.29, 1.82) is 0 Å². The van der Waals surface area contributed by atoms with Crippen LogP contribution in [0.2, 0.25) is 0 Å². The number of likely N-dealkylation sites (tertiary alicyclic amines) is 2. The van der Waals surface area contributed by atoms with Gasteiger partial charge in [0.1, 0.15) is 12.1 Å². The first-order valence-electron chi connectivity index (χ1n) is 9.30. The van der Waals surface area contributed by atoms with Gasteiger partial charge in [-0.3, -0.25) is 19.7 Å². The molecule has 3 aliphatic heterocycles. The molecule has 0 aliphatic carbocycles. The van der Waals surface area contributed by atoms with Gasteiger partial charge in [0.05, 0.1) is 5.41 Å². The highest BCUT2D eigenvalue weighted by molar-refractivity contribution is 6.07. The second-order valence-corrected chi connectivity index (χ2v) is 8.45. The summed E-state index contributed by atoms with van der Waals surface area (Å²) >= 11 is 0. The van der Waals surface area contributed by atoms with Gasteiger partial charge in [0.15, 0.2) is 0 Å². The third-order valence-electron chi connectivity index (χ3n) is 6.09. The summed E-state index contributed by atoms with van der Waals surface area (Å²) in [6, 6.07) is -0.383. The summed E-state index contributed by atoms with van der Waals surface area (Å²) in [6.45, 7) is 8.81. The van der Waals surface area contributed by atoms with Crippen LogP contribution >= 0.6 is 0 Å². The molecule has 1 atom stereocenters. The van der Waals surface area contributed by atoms with Crippen molar-refractivity contribution in [2.45, 2.75) is 58.5 Å². The third kappa shape index (κ3) is 2.85. The minimum absolute atomic E-state index is 0.142. The second kappa shape index (κ2) is 6.25. The fourth-order valence-corrected chi connectivity index (χ4v) is 4.26. The quantitative estimate of drug-likeness (QED) is 0.741. The largest absolute Gasteiger partial charge is 0.340 e. The van der Waals surface area contributed by atoms with E-state index in [9.17, 15) is 19.2 Å². The van der Waals surface area contributed by atoms with E-state index in [4.69, 9.17) is 0 Å². The Hall–Kier alpha value is -2.12. The topological polar surface area (TPSA) is 90.0 Å². The number of carbonyl (C=O) groups excluding carboxylic acids is 4. The van der Waals surface area contributed by atoms with Crippen molar-refractivity contribution in [2.75, 3.05) is 26.2 Å².